The van der Waals surface area contributed by atoms with Crippen molar-refractivity contribution in [1.82, 2.24) is 14.9 Å². The number of imidazole rings is 1. The molecular weight excluding hydrogens is 490 g/mol. The highest BCUT2D eigenvalue weighted by atomic mass is 16.5. The predicted molar refractivity (Wildman–Crippen MR) is 157 cm³/mol. The molecule has 202 valence electrons. The Morgan fingerprint density at radius 3 is 2.54 bits per heavy atom. The molecule has 0 radical (unpaired) electrons. The normalized spacial score (nSPS) is 12.1. The van der Waals surface area contributed by atoms with Gasteiger partial charge in [0.15, 0.2) is 0 Å². The van der Waals surface area contributed by atoms with Crippen molar-refractivity contribution in [2.24, 2.45) is 5.41 Å². The number of fused-ring (bicyclic) bond motifs is 1. The van der Waals surface area contributed by atoms with Crippen molar-refractivity contribution >= 4 is 34.5 Å². The highest BCUT2D eigenvalue weighted by Gasteiger charge is 2.20. The number of hydrogen-bond acceptors (Lipinski definition) is 5. The third-order valence-corrected chi connectivity index (χ3v) is 6.74. The van der Waals surface area contributed by atoms with Crippen molar-refractivity contribution in [1.29, 1.82) is 0 Å². The van der Waals surface area contributed by atoms with Gasteiger partial charge in [0.05, 0.1) is 23.8 Å². The maximum absolute atomic E-state index is 13.2. The van der Waals surface area contributed by atoms with Crippen LogP contribution in [-0.2, 0) is 11.3 Å². The van der Waals surface area contributed by atoms with Crippen LogP contribution in [0.15, 0.2) is 79.4 Å². The topological polar surface area (TPSA) is 97.3 Å². The summed E-state index contributed by atoms with van der Waals surface area (Å²) in [5.74, 6) is 0.319. The van der Waals surface area contributed by atoms with E-state index in [1.54, 1.807) is 37.4 Å². The fraction of sp³-hybridized carbons (Fsp3) is 0.258. The van der Waals surface area contributed by atoms with Crippen LogP contribution in [-0.4, -0.2) is 34.5 Å². The maximum atomic E-state index is 13.2. The number of nitrogens with one attached hydrogen (secondary N) is 3. The molecule has 0 fully saturated rings. The molecule has 2 amide bonds. The number of rotatable bonds is 9. The first-order chi connectivity index (χ1) is 18.6. The van der Waals surface area contributed by atoms with Gasteiger partial charge in [-0.25, -0.2) is 4.98 Å². The quantitative estimate of drug-likeness (QED) is 0.235. The minimum absolute atomic E-state index is 0.134. The zero-order valence-corrected chi connectivity index (χ0v) is 23.0. The Morgan fingerprint density at radius 2 is 1.82 bits per heavy atom. The van der Waals surface area contributed by atoms with Crippen LogP contribution in [0, 0.1) is 5.41 Å². The molecule has 0 saturated heterocycles. The van der Waals surface area contributed by atoms with E-state index in [0.29, 0.717) is 35.5 Å². The van der Waals surface area contributed by atoms with Gasteiger partial charge in [0, 0.05) is 23.8 Å². The summed E-state index contributed by atoms with van der Waals surface area (Å²) in [7, 11) is 1.56. The molecule has 0 unspecified atom stereocenters. The lowest BCUT2D eigenvalue weighted by Crippen LogP contribution is -2.37. The van der Waals surface area contributed by atoms with Crippen LogP contribution in [0.4, 0.5) is 11.6 Å². The van der Waals surface area contributed by atoms with Crippen molar-refractivity contribution in [3.63, 3.8) is 0 Å². The first-order valence-corrected chi connectivity index (χ1v) is 12.8. The molecule has 8 nitrogen and oxygen atoms in total. The molecule has 4 aromatic rings. The van der Waals surface area contributed by atoms with Crippen LogP contribution in [0.25, 0.3) is 16.7 Å². The number of amides is 2. The number of anilines is 2. The summed E-state index contributed by atoms with van der Waals surface area (Å²) in [4.78, 5) is 29.9. The Hall–Kier alpha value is -4.43. The molecule has 1 aromatic heterocycles. The lowest BCUT2D eigenvalue weighted by molar-refractivity contribution is -0.111. The molecule has 0 spiro atoms. The van der Waals surface area contributed by atoms with E-state index in [4.69, 9.17) is 9.72 Å². The summed E-state index contributed by atoms with van der Waals surface area (Å²) in [6, 6.07) is 20.7. The lowest BCUT2D eigenvalue weighted by atomic mass is 9.88. The molecule has 0 aliphatic carbocycles. The summed E-state index contributed by atoms with van der Waals surface area (Å²) < 4.78 is 7.14. The van der Waals surface area contributed by atoms with E-state index in [-0.39, 0.29) is 17.2 Å². The molecule has 1 atom stereocenters. The van der Waals surface area contributed by atoms with Gasteiger partial charge >= 0.3 is 0 Å². The number of ether oxygens (including phenoxy) is 1. The zero-order chi connectivity index (χ0) is 28.2. The van der Waals surface area contributed by atoms with E-state index in [1.807, 2.05) is 34.9 Å². The second-order valence-electron chi connectivity index (χ2n) is 10.5. The van der Waals surface area contributed by atoms with Crippen LogP contribution in [0.1, 0.15) is 43.6 Å². The number of aromatic nitrogens is 2. The number of benzene rings is 3. The number of nitrogens with zero attached hydrogens (tertiary/aromatic N) is 2. The van der Waals surface area contributed by atoms with Crippen molar-refractivity contribution in [2.75, 3.05) is 17.7 Å². The fourth-order valence-electron chi connectivity index (χ4n) is 4.01. The number of methoxy groups -OCH3 is 1. The molecule has 0 bridgehead atoms. The van der Waals surface area contributed by atoms with Gasteiger partial charge in [-0.05, 0) is 72.5 Å². The molecule has 0 aliphatic heterocycles. The third kappa shape index (κ3) is 6.53. The van der Waals surface area contributed by atoms with Crippen molar-refractivity contribution in [2.45, 2.75) is 40.3 Å². The van der Waals surface area contributed by atoms with Gasteiger partial charge < -0.3 is 15.4 Å². The van der Waals surface area contributed by atoms with Crippen LogP contribution < -0.4 is 20.7 Å². The molecule has 0 saturated carbocycles. The van der Waals surface area contributed by atoms with Gasteiger partial charge in [0.2, 0.25) is 11.9 Å². The average Bonchev–Trinajstić information content (AvgIpc) is 3.28. The highest BCUT2D eigenvalue weighted by molar-refractivity contribution is 6.04. The zero-order valence-electron chi connectivity index (χ0n) is 23.0. The number of hydrogen-bond donors (Lipinski definition) is 3. The van der Waals surface area contributed by atoms with Crippen molar-refractivity contribution in [3.8, 4) is 11.4 Å². The van der Waals surface area contributed by atoms with E-state index in [2.05, 4.69) is 56.3 Å². The number of carbonyl (C=O) groups excluding carboxylic acids is 2. The Kier molecular flexibility index (Phi) is 8.16. The first-order valence-electron chi connectivity index (χ1n) is 12.8. The largest absolute Gasteiger partial charge is 0.497 e. The SMILES string of the molecule is C=CC(=O)Nc1cccc(-n2c(NC(=O)c3cccc(OC)c3)nc3cc(CN[C@@H](C)C(C)(C)C)ccc32)c1. The summed E-state index contributed by atoms with van der Waals surface area (Å²) in [6.45, 7) is 13.0. The van der Waals surface area contributed by atoms with Gasteiger partial charge in [-0.2, -0.15) is 0 Å². The molecule has 39 heavy (non-hydrogen) atoms. The molecular formula is C31H35N5O3. The van der Waals surface area contributed by atoms with Gasteiger partial charge in [-0.1, -0.05) is 45.5 Å². The van der Waals surface area contributed by atoms with Crippen LogP contribution in [0.3, 0.4) is 0 Å². The molecule has 3 N–H and O–H groups in total. The summed E-state index contributed by atoms with van der Waals surface area (Å²) in [5, 5.41) is 9.34. The van der Waals surface area contributed by atoms with E-state index in [1.165, 1.54) is 6.08 Å². The predicted octanol–water partition coefficient (Wildman–Crippen LogP) is 5.94. The Labute approximate surface area is 229 Å². The Morgan fingerprint density at radius 1 is 1.05 bits per heavy atom. The van der Waals surface area contributed by atoms with Crippen LogP contribution in [0.5, 0.6) is 5.75 Å². The first kappa shape index (κ1) is 27.6. The minimum atomic E-state index is -0.317. The van der Waals surface area contributed by atoms with Crippen molar-refractivity contribution in [3.05, 3.63) is 90.5 Å². The van der Waals surface area contributed by atoms with Gasteiger partial charge in [-0.3, -0.25) is 19.5 Å². The molecule has 0 aliphatic rings. The standard InChI is InChI=1S/C31H35N5O3/c1-7-28(37)33-23-11-9-12-24(18-23)36-27-15-14-21(19-32-20(2)31(3,4)5)16-26(27)34-30(36)35-29(38)22-10-8-13-25(17-22)39-6/h7-18,20,32H,1,19H2,2-6H3,(H,33,37)(H,34,35,38)/t20-/m0/s1. The van der Waals surface area contributed by atoms with Gasteiger partial charge in [0.25, 0.3) is 5.91 Å². The van der Waals surface area contributed by atoms with E-state index in [9.17, 15) is 9.59 Å². The fourth-order valence-corrected chi connectivity index (χ4v) is 4.01. The summed E-state index contributed by atoms with van der Waals surface area (Å²) in [6.07, 6.45) is 1.22. The maximum Gasteiger partial charge on any atom is 0.258 e. The number of carbonyl (C=O) groups is 2. The highest BCUT2D eigenvalue weighted by Crippen LogP contribution is 2.28. The van der Waals surface area contributed by atoms with Crippen LogP contribution in [0.2, 0.25) is 0 Å². The van der Waals surface area contributed by atoms with E-state index >= 15 is 0 Å². The second kappa shape index (κ2) is 11.5. The monoisotopic (exact) mass is 525 g/mol. The molecule has 3 aromatic carbocycles. The molecule has 1 heterocycles. The average molecular weight is 526 g/mol. The van der Waals surface area contributed by atoms with E-state index in [0.717, 1.165) is 22.3 Å². The summed E-state index contributed by atoms with van der Waals surface area (Å²) in [5.41, 5.74) is 4.54. The smallest absolute Gasteiger partial charge is 0.258 e. The second-order valence-corrected chi connectivity index (χ2v) is 10.5. The Balaban J connectivity index is 1.74. The Bertz CT molecular complexity index is 1520. The van der Waals surface area contributed by atoms with Gasteiger partial charge in [0.1, 0.15) is 5.75 Å². The van der Waals surface area contributed by atoms with Crippen LogP contribution >= 0.6 is 0 Å². The summed E-state index contributed by atoms with van der Waals surface area (Å²) >= 11 is 0. The van der Waals surface area contributed by atoms with E-state index < -0.39 is 0 Å². The molecule has 4 rings (SSSR count). The molecule has 8 heteroatoms. The third-order valence-electron chi connectivity index (χ3n) is 6.74. The lowest BCUT2D eigenvalue weighted by Gasteiger charge is -2.28. The van der Waals surface area contributed by atoms with Crippen molar-refractivity contribution < 1.29 is 14.3 Å². The minimum Gasteiger partial charge on any atom is -0.497 e. The van der Waals surface area contributed by atoms with Gasteiger partial charge in [-0.15, -0.1) is 0 Å².